The maximum Gasteiger partial charge on any atom is 0.328 e. The van der Waals surface area contributed by atoms with Crippen LogP contribution in [0.2, 0.25) is 0 Å². The number of carboxylic acid groups (broad SMARTS) is 1. The fourth-order valence-electron chi connectivity index (χ4n) is 1.69. The Morgan fingerprint density at radius 2 is 1.65 bits per heavy atom. The van der Waals surface area contributed by atoms with Crippen LogP contribution in [0.5, 0.6) is 0 Å². The maximum atomic E-state index is 12.1. The number of nitrogens with zero attached hydrogens (tertiary/aromatic N) is 1. The average Bonchev–Trinajstić information content (AvgIpc) is 2.54. The maximum absolute atomic E-state index is 12.1. The summed E-state index contributed by atoms with van der Waals surface area (Å²) in [6.45, 7) is 0. The quantitative estimate of drug-likeness (QED) is 0.481. The summed E-state index contributed by atoms with van der Waals surface area (Å²) >= 11 is 0. The van der Waals surface area contributed by atoms with Crippen LogP contribution in [-0.2, 0) is 14.8 Å². The van der Waals surface area contributed by atoms with Gasteiger partial charge in [-0.25, -0.2) is 9.63 Å². The van der Waals surface area contributed by atoms with Crippen LogP contribution in [-0.4, -0.2) is 25.7 Å². The van der Waals surface area contributed by atoms with E-state index in [4.69, 9.17) is 5.11 Å². The summed E-state index contributed by atoms with van der Waals surface area (Å²) in [6.07, 6.45) is 3.76. The van der Waals surface area contributed by atoms with Gasteiger partial charge >= 0.3 is 5.97 Å². The molecular formula is C16H14N2O4S. The molecule has 7 heteroatoms. The predicted octanol–water partition coefficient (Wildman–Crippen LogP) is 2.10. The molecule has 0 amide bonds. The summed E-state index contributed by atoms with van der Waals surface area (Å²) in [4.78, 5) is 12.6. The van der Waals surface area contributed by atoms with Gasteiger partial charge in [-0.1, -0.05) is 42.5 Å². The third kappa shape index (κ3) is 5.08. The zero-order chi connectivity index (χ0) is 16.7. The number of hydrogen-bond donors (Lipinski definition) is 2. The van der Waals surface area contributed by atoms with Gasteiger partial charge in [0.05, 0.1) is 11.1 Å². The van der Waals surface area contributed by atoms with Crippen molar-refractivity contribution in [3.8, 4) is 0 Å². The van der Waals surface area contributed by atoms with E-state index in [-0.39, 0.29) is 4.90 Å². The highest BCUT2D eigenvalue weighted by atomic mass is 32.2. The van der Waals surface area contributed by atoms with Crippen LogP contribution in [0.25, 0.3) is 6.08 Å². The first kappa shape index (κ1) is 16.4. The van der Waals surface area contributed by atoms with Crippen molar-refractivity contribution in [3.05, 3.63) is 71.8 Å². The molecule has 2 aromatic carbocycles. The van der Waals surface area contributed by atoms with Crippen LogP contribution < -0.4 is 4.83 Å². The van der Waals surface area contributed by atoms with Crippen molar-refractivity contribution in [1.82, 2.24) is 4.83 Å². The Hall–Kier alpha value is -2.93. The topological polar surface area (TPSA) is 95.8 Å². The number of hydrazone groups is 1. The molecule has 2 rings (SSSR count). The van der Waals surface area contributed by atoms with Crippen LogP contribution >= 0.6 is 0 Å². The first-order valence-electron chi connectivity index (χ1n) is 6.58. The molecule has 0 aromatic heterocycles. The molecule has 2 N–H and O–H groups in total. The number of sulfonamides is 1. The zero-order valence-corrected chi connectivity index (χ0v) is 12.8. The molecule has 0 aliphatic carbocycles. The summed E-state index contributed by atoms with van der Waals surface area (Å²) in [5.74, 6) is -1.07. The molecule has 23 heavy (non-hydrogen) atoms. The van der Waals surface area contributed by atoms with E-state index < -0.39 is 16.0 Å². The monoisotopic (exact) mass is 330 g/mol. The molecule has 0 heterocycles. The van der Waals surface area contributed by atoms with E-state index in [0.717, 1.165) is 11.6 Å². The smallest absolute Gasteiger partial charge is 0.328 e. The van der Waals surface area contributed by atoms with E-state index in [1.54, 1.807) is 12.1 Å². The number of aliphatic carboxylic acids is 1. The van der Waals surface area contributed by atoms with Gasteiger partial charge < -0.3 is 5.11 Å². The van der Waals surface area contributed by atoms with Gasteiger partial charge in [-0.2, -0.15) is 13.5 Å². The molecule has 0 unspecified atom stereocenters. The normalized spacial score (nSPS) is 11.8. The summed E-state index contributed by atoms with van der Waals surface area (Å²) in [5.41, 5.74) is 1.35. The molecule has 0 saturated heterocycles. The van der Waals surface area contributed by atoms with Crippen LogP contribution in [0.4, 0.5) is 0 Å². The molecule has 0 bridgehead atoms. The zero-order valence-electron chi connectivity index (χ0n) is 12.0. The molecule has 2 aromatic rings. The molecule has 0 spiro atoms. The van der Waals surface area contributed by atoms with E-state index >= 15 is 0 Å². The Labute approximate surface area is 133 Å². The minimum absolute atomic E-state index is 0.0372. The minimum Gasteiger partial charge on any atom is -0.478 e. The molecule has 0 atom stereocenters. The van der Waals surface area contributed by atoms with Crippen molar-refractivity contribution in [1.29, 1.82) is 0 Å². The molecule has 6 nitrogen and oxygen atoms in total. The third-order valence-corrected chi connectivity index (χ3v) is 4.03. The lowest BCUT2D eigenvalue weighted by Crippen LogP contribution is -2.18. The number of rotatable bonds is 6. The lowest BCUT2D eigenvalue weighted by atomic mass is 10.2. The Morgan fingerprint density at radius 1 is 1.00 bits per heavy atom. The van der Waals surface area contributed by atoms with Crippen LogP contribution in [0.15, 0.2) is 70.7 Å². The predicted molar refractivity (Wildman–Crippen MR) is 87.5 cm³/mol. The van der Waals surface area contributed by atoms with E-state index in [2.05, 4.69) is 9.93 Å². The van der Waals surface area contributed by atoms with E-state index in [1.165, 1.54) is 36.6 Å². The number of nitrogens with one attached hydrogen (secondary N) is 1. The largest absolute Gasteiger partial charge is 0.478 e. The third-order valence-electron chi connectivity index (χ3n) is 2.79. The Bertz CT molecular complexity index is 826. The second-order valence-electron chi connectivity index (χ2n) is 4.50. The van der Waals surface area contributed by atoms with Gasteiger partial charge in [0.25, 0.3) is 10.0 Å². The molecule has 0 fully saturated rings. The van der Waals surface area contributed by atoms with Gasteiger partial charge in [0.2, 0.25) is 0 Å². The Balaban J connectivity index is 2.07. The lowest BCUT2D eigenvalue weighted by molar-refractivity contribution is -0.131. The van der Waals surface area contributed by atoms with E-state index in [1.807, 2.05) is 18.2 Å². The standard InChI is InChI=1S/C16H14N2O4S/c19-16(20)11-8-13-6-9-15(10-7-13)23(21,22)18-17-12-14-4-2-1-3-5-14/h1-12,18H,(H,19,20). The van der Waals surface area contributed by atoms with Crippen molar-refractivity contribution in [3.63, 3.8) is 0 Å². The number of hydrogen-bond acceptors (Lipinski definition) is 4. The van der Waals surface area contributed by atoms with Crippen LogP contribution in [0, 0.1) is 0 Å². The van der Waals surface area contributed by atoms with Crippen LogP contribution in [0.1, 0.15) is 11.1 Å². The van der Waals surface area contributed by atoms with Crippen molar-refractivity contribution in [2.45, 2.75) is 4.90 Å². The summed E-state index contributed by atoms with van der Waals surface area (Å²) in [5, 5.41) is 12.3. The van der Waals surface area contributed by atoms with Crippen molar-refractivity contribution in [2.75, 3.05) is 0 Å². The lowest BCUT2D eigenvalue weighted by Gasteiger charge is -2.03. The van der Waals surface area contributed by atoms with Gasteiger partial charge in [-0.05, 0) is 29.3 Å². The van der Waals surface area contributed by atoms with Crippen molar-refractivity contribution < 1.29 is 18.3 Å². The van der Waals surface area contributed by atoms with Gasteiger partial charge in [-0.3, -0.25) is 0 Å². The number of carbonyl (C=O) groups is 1. The van der Waals surface area contributed by atoms with Crippen molar-refractivity contribution >= 4 is 28.3 Å². The Morgan fingerprint density at radius 3 is 2.26 bits per heavy atom. The first-order chi connectivity index (χ1) is 11.0. The van der Waals surface area contributed by atoms with E-state index in [0.29, 0.717) is 5.56 Å². The summed E-state index contributed by atoms with van der Waals surface area (Å²) in [7, 11) is -3.77. The SMILES string of the molecule is O=C(O)C=Cc1ccc(S(=O)(=O)NN=Cc2ccccc2)cc1. The highest BCUT2D eigenvalue weighted by Gasteiger charge is 2.11. The van der Waals surface area contributed by atoms with Gasteiger partial charge in [-0.15, -0.1) is 0 Å². The highest BCUT2D eigenvalue weighted by molar-refractivity contribution is 7.89. The second-order valence-corrected chi connectivity index (χ2v) is 6.17. The molecule has 0 saturated carbocycles. The first-order valence-corrected chi connectivity index (χ1v) is 8.07. The summed E-state index contributed by atoms with van der Waals surface area (Å²) < 4.78 is 24.1. The number of carboxylic acids is 1. The molecule has 118 valence electrons. The number of benzene rings is 2. The molecule has 0 radical (unpaired) electrons. The molecule has 0 aliphatic rings. The molecular weight excluding hydrogens is 316 g/mol. The van der Waals surface area contributed by atoms with Gasteiger partial charge in [0.1, 0.15) is 0 Å². The fourth-order valence-corrected chi connectivity index (χ4v) is 2.48. The minimum atomic E-state index is -3.77. The highest BCUT2D eigenvalue weighted by Crippen LogP contribution is 2.11. The fraction of sp³-hybridized carbons (Fsp3) is 0. The Kier molecular flexibility index (Phi) is 5.27. The van der Waals surface area contributed by atoms with Crippen LogP contribution in [0.3, 0.4) is 0 Å². The summed E-state index contributed by atoms with van der Waals surface area (Å²) in [6, 6.07) is 14.8. The molecule has 0 aliphatic heterocycles. The van der Waals surface area contributed by atoms with E-state index in [9.17, 15) is 13.2 Å². The second kappa shape index (κ2) is 7.37. The van der Waals surface area contributed by atoms with Crippen molar-refractivity contribution in [2.24, 2.45) is 5.10 Å². The average molecular weight is 330 g/mol. The van der Waals surface area contributed by atoms with Gasteiger partial charge in [0, 0.05) is 6.08 Å². The van der Waals surface area contributed by atoms with Gasteiger partial charge in [0.15, 0.2) is 0 Å².